The molecule has 0 aromatic heterocycles. The molecule has 2 aliphatic rings. The van der Waals surface area contributed by atoms with Gasteiger partial charge >= 0.3 is 0 Å². The molecule has 0 aromatic rings. The molecule has 2 atom stereocenters. The van der Waals surface area contributed by atoms with Gasteiger partial charge in [0.1, 0.15) is 5.76 Å². The second kappa shape index (κ2) is 9.45. The maximum Gasteiger partial charge on any atom is 0.118 e. The Balaban J connectivity index is 1.68. The van der Waals surface area contributed by atoms with Crippen LogP contribution in [0.25, 0.3) is 0 Å². The minimum absolute atomic E-state index is 0.575. The lowest BCUT2D eigenvalue weighted by atomic mass is 9.82. The lowest BCUT2D eigenvalue weighted by molar-refractivity contribution is 0.0792. The summed E-state index contributed by atoms with van der Waals surface area (Å²) in [4.78, 5) is 2.58. The molecule has 1 N–H and O–H groups in total. The highest BCUT2D eigenvalue weighted by Crippen LogP contribution is 2.32. The summed E-state index contributed by atoms with van der Waals surface area (Å²) < 4.78 is 10.9. The number of methoxy groups -OCH3 is 1. The average molecular weight is 322 g/mol. The molecule has 2 rings (SSSR count). The third-order valence-corrected chi connectivity index (χ3v) is 5.09. The Labute approximate surface area is 141 Å². The van der Waals surface area contributed by atoms with Crippen LogP contribution in [0.2, 0.25) is 0 Å². The molecule has 23 heavy (non-hydrogen) atoms. The Morgan fingerprint density at radius 1 is 1.30 bits per heavy atom. The summed E-state index contributed by atoms with van der Waals surface area (Å²) in [5.41, 5.74) is 1.41. The summed E-state index contributed by atoms with van der Waals surface area (Å²) in [6, 6.07) is 0. The molecule has 1 saturated heterocycles. The quantitative estimate of drug-likeness (QED) is 0.627. The molecule has 0 spiro atoms. The molecule has 1 fully saturated rings. The molecule has 1 aliphatic carbocycles. The SMILES string of the molecule is CCCOC1=C(C)C(C)C(CN2CC(CNCCOC)C2)C=C1. The highest BCUT2D eigenvalue weighted by Gasteiger charge is 2.31. The number of likely N-dealkylation sites (tertiary alicyclic amines) is 1. The largest absolute Gasteiger partial charge is 0.494 e. The number of hydrogen-bond donors (Lipinski definition) is 1. The molecule has 1 aliphatic heterocycles. The molecule has 4 nitrogen and oxygen atoms in total. The topological polar surface area (TPSA) is 33.7 Å². The third-order valence-electron chi connectivity index (χ3n) is 5.09. The first-order valence-corrected chi connectivity index (χ1v) is 9.09. The van der Waals surface area contributed by atoms with Crippen LogP contribution in [-0.2, 0) is 9.47 Å². The van der Waals surface area contributed by atoms with Crippen LogP contribution in [0, 0.1) is 17.8 Å². The van der Waals surface area contributed by atoms with Crippen molar-refractivity contribution in [3.05, 3.63) is 23.5 Å². The van der Waals surface area contributed by atoms with E-state index in [1.165, 1.54) is 25.2 Å². The van der Waals surface area contributed by atoms with Crippen molar-refractivity contribution >= 4 is 0 Å². The van der Waals surface area contributed by atoms with Crippen LogP contribution in [-0.4, -0.2) is 57.9 Å². The van der Waals surface area contributed by atoms with E-state index in [9.17, 15) is 0 Å². The van der Waals surface area contributed by atoms with Crippen LogP contribution >= 0.6 is 0 Å². The Kier molecular flexibility index (Phi) is 7.60. The van der Waals surface area contributed by atoms with Crippen molar-refractivity contribution in [2.75, 3.05) is 53.0 Å². The lowest BCUT2D eigenvalue weighted by Gasteiger charge is -2.42. The lowest BCUT2D eigenvalue weighted by Crippen LogP contribution is -2.52. The van der Waals surface area contributed by atoms with Gasteiger partial charge in [-0.05, 0) is 42.7 Å². The summed E-state index contributed by atoms with van der Waals surface area (Å²) in [6.07, 6.45) is 5.61. The number of nitrogens with one attached hydrogen (secondary N) is 1. The highest BCUT2D eigenvalue weighted by atomic mass is 16.5. The maximum atomic E-state index is 5.85. The predicted octanol–water partition coefficient (Wildman–Crippen LogP) is 2.68. The fourth-order valence-corrected chi connectivity index (χ4v) is 3.38. The number of ether oxygens (including phenoxy) is 2. The molecule has 0 saturated carbocycles. The minimum atomic E-state index is 0.575. The second-order valence-electron chi connectivity index (χ2n) is 6.99. The summed E-state index contributed by atoms with van der Waals surface area (Å²) >= 11 is 0. The zero-order valence-electron chi connectivity index (χ0n) is 15.3. The first kappa shape index (κ1) is 18.5. The standard InChI is InChI=1S/C19H34N2O2/c1-5-9-23-19-7-6-18(15(2)16(19)3)14-21-12-17(13-21)11-20-8-10-22-4/h6-7,15,17-18,20H,5,8-14H2,1-4H3. The zero-order chi connectivity index (χ0) is 16.7. The Hall–Kier alpha value is -0.840. The van der Waals surface area contributed by atoms with Gasteiger partial charge in [0.15, 0.2) is 0 Å². The van der Waals surface area contributed by atoms with Crippen LogP contribution in [0.1, 0.15) is 27.2 Å². The minimum Gasteiger partial charge on any atom is -0.494 e. The van der Waals surface area contributed by atoms with Crippen LogP contribution < -0.4 is 5.32 Å². The molecule has 0 radical (unpaired) electrons. The van der Waals surface area contributed by atoms with Crippen LogP contribution in [0.3, 0.4) is 0 Å². The van der Waals surface area contributed by atoms with Crippen molar-refractivity contribution < 1.29 is 9.47 Å². The number of nitrogens with zero attached hydrogens (tertiary/aromatic N) is 1. The van der Waals surface area contributed by atoms with Gasteiger partial charge in [0.05, 0.1) is 13.2 Å². The van der Waals surface area contributed by atoms with Crippen molar-refractivity contribution in [3.8, 4) is 0 Å². The van der Waals surface area contributed by atoms with Gasteiger partial charge in [-0.15, -0.1) is 0 Å². The smallest absolute Gasteiger partial charge is 0.118 e. The first-order valence-electron chi connectivity index (χ1n) is 9.09. The fourth-order valence-electron chi connectivity index (χ4n) is 3.38. The van der Waals surface area contributed by atoms with Gasteiger partial charge in [0.25, 0.3) is 0 Å². The van der Waals surface area contributed by atoms with E-state index >= 15 is 0 Å². The second-order valence-corrected chi connectivity index (χ2v) is 6.99. The summed E-state index contributed by atoms with van der Waals surface area (Å²) in [6.45, 7) is 14.0. The first-order chi connectivity index (χ1) is 11.2. The Morgan fingerprint density at radius 3 is 2.78 bits per heavy atom. The van der Waals surface area contributed by atoms with Crippen LogP contribution in [0.5, 0.6) is 0 Å². The Morgan fingerprint density at radius 2 is 2.09 bits per heavy atom. The third kappa shape index (κ3) is 5.33. The van der Waals surface area contributed by atoms with E-state index < -0.39 is 0 Å². The van der Waals surface area contributed by atoms with E-state index in [0.29, 0.717) is 11.8 Å². The molecule has 2 unspecified atom stereocenters. The van der Waals surface area contributed by atoms with E-state index in [4.69, 9.17) is 9.47 Å². The maximum absolute atomic E-state index is 5.85. The summed E-state index contributed by atoms with van der Waals surface area (Å²) in [5, 5.41) is 3.46. The average Bonchev–Trinajstić information content (AvgIpc) is 2.51. The van der Waals surface area contributed by atoms with Crippen molar-refractivity contribution in [3.63, 3.8) is 0 Å². The van der Waals surface area contributed by atoms with Gasteiger partial charge < -0.3 is 19.7 Å². The van der Waals surface area contributed by atoms with Gasteiger partial charge in [-0.25, -0.2) is 0 Å². The van der Waals surface area contributed by atoms with Gasteiger partial charge in [-0.3, -0.25) is 0 Å². The summed E-state index contributed by atoms with van der Waals surface area (Å²) in [5.74, 6) is 3.09. The molecule has 132 valence electrons. The molecule has 4 heteroatoms. The van der Waals surface area contributed by atoms with Gasteiger partial charge in [0, 0.05) is 39.8 Å². The highest BCUT2D eigenvalue weighted by molar-refractivity contribution is 5.27. The van der Waals surface area contributed by atoms with Gasteiger partial charge in [-0.2, -0.15) is 0 Å². The normalized spacial score (nSPS) is 25.7. The van der Waals surface area contributed by atoms with Crippen molar-refractivity contribution in [2.45, 2.75) is 27.2 Å². The number of hydrogen-bond acceptors (Lipinski definition) is 4. The molecule has 1 heterocycles. The molecule has 0 aromatic carbocycles. The molecular weight excluding hydrogens is 288 g/mol. The monoisotopic (exact) mass is 322 g/mol. The fraction of sp³-hybridized carbons (Fsp3) is 0.789. The van der Waals surface area contributed by atoms with Gasteiger partial charge in [-0.1, -0.05) is 19.9 Å². The van der Waals surface area contributed by atoms with Crippen LogP contribution in [0.15, 0.2) is 23.5 Å². The number of rotatable bonds is 10. The van der Waals surface area contributed by atoms with E-state index in [2.05, 4.69) is 43.1 Å². The summed E-state index contributed by atoms with van der Waals surface area (Å²) in [7, 11) is 1.75. The van der Waals surface area contributed by atoms with Crippen LogP contribution in [0.4, 0.5) is 0 Å². The molecule has 0 amide bonds. The predicted molar refractivity (Wildman–Crippen MR) is 95.4 cm³/mol. The molecular formula is C19H34N2O2. The van der Waals surface area contributed by atoms with E-state index in [1.807, 2.05) is 0 Å². The zero-order valence-corrected chi connectivity index (χ0v) is 15.3. The van der Waals surface area contributed by atoms with E-state index in [1.54, 1.807) is 7.11 Å². The van der Waals surface area contributed by atoms with E-state index in [-0.39, 0.29) is 0 Å². The Bertz CT molecular complexity index is 414. The van der Waals surface area contributed by atoms with Crippen molar-refractivity contribution in [2.24, 2.45) is 17.8 Å². The number of allylic oxidation sites excluding steroid dienone is 2. The van der Waals surface area contributed by atoms with E-state index in [0.717, 1.165) is 44.4 Å². The molecule has 0 bridgehead atoms. The van der Waals surface area contributed by atoms with Crippen molar-refractivity contribution in [1.29, 1.82) is 0 Å². The van der Waals surface area contributed by atoms with Crippen molar-refractivity contribution in [1.82, 2.24) is 10.2 Å². The van der Waals surface area contributed by atoms with Gasteiger partial charge in [0.2, 0.25) is 0 Å².